The van der Waals surface area contributed by atoms with Crippen molar-refractivity contribution in [1.82, 2.24) is 16.1 Å². The van der Waals surface area contributed by atoms with Crippen LogP contribution in [0.3, 0.4) is 0 Å². The SMILES string of the molecule is CCOc1cc([C@H]2NC(=O)NC(C)=C2C(=O)OC)ccc1OC[C@H](O)N/N=C\c1ccc(-c2cccc([N+](=O)[O-])c2)o1. The molecule has 2 aromatic carbocycles. The highest BCUT2D eigenvalue weighted by Gasteiger charge is 2.32. The van der Waals surface area contributed by atoms with Crippen LogP contribution in [0.1, 0.15) is 31.2 Å². The Morgan fingerprint density at radius 1 is 1.21 bits per heavy atom. The lowest BCUT2D eigenvalue weighted by Gasteiger charge is -2.28. The number of hydrazone groups is 1. The first-order valence-electron chi connectivity index (χ1n) is 12.8. The van der Waals surface area contributed by atoms with Crippen molar-refractivity contribution in [1.29, 1.82) is 0 Å². The molecule has 3 aromatic rings. The van der Waals surface area contributed by atoms with Gasteiger partial charge in [-0.05, 0) is 43.7 Å². The summed E-state index contributed by atoms with van der Waals surface area (Å²) in [5, 5.41) is 30.6. The van der Waals surface area contributed by atoms with E-state index in [9.17, 15) is 24.8 Å². The quantitative estimate of drug-likeness (QED) is 0.0814. The van der Waals surface area contributed by atoms with Gasteiger partial charge in [-0.3, -0.25) is 15.5 Å². The maximum absolute atomic E-state index is 12.4. The molecule has 1 aromatic heterocycles. The molecule has 4 N–H and O–H groups in total. The first kappa shape index (κ1) is 29.6. The number of carbonyl (C=O) groups excluding carboxylic acids is 2. The molecule has 2 atom stereocenters. The van der Waals surface area contributed by atoms with Gasteiger partial charge in [-0.2, -0.15) is 5.10 Å². The van der Waals surface area contributed by atoms with Gasteiger partial charge < -0.3 is 34.4 Å². The van der Waals surface area contributed by atoms with Crippen LogP contribution < -0.4 is 25.5 Å². The zero-order valence-electron chi connectivity index (χ0n) is 23.0. The average Bonchev–Trinajstić information content (AvgIpc) is 3.45. The standard InChI is InChI=1S/C28H29N5O9/c1-4-40-23-13-18(26-25(27(35)39-3)16(2)30-28(36)31-26)8-10-22(23)41-15-24(34)32-29-14-20-9-11-21(42-20)17-6-5-7-19(12-17)33(37)38/h5-14,24,26,32,34H,4,15H2,1-3H3,(H2,30,31,36)/b29-14-/t24-,26+/m0/s1. The number of nitro groups is 1. The number of hydrogen-bond donors (Lipinski definition) is 4. The van der Waals surface area contributed by atoms with E-state index in [1.54, 1.807) is 56.3 Å². The van der Waals surface area contributed by atoms with E-state index in [-0.39, 0.29) is 17.9 Å². The van der Waals surface area contributed by atoms with Crippen molar-refractivity contribution in [2.24, 2.45) is 5.10 Å². The van der Waals surface area contributed by atoms with E-state index >= 15 is 0 Å². The number of rotatable bonds is 12. The average molecular weight is 580 g/mol. The lowest BCUT2D eigenvalue weighted by atomic mass is 9.95. The predicted octanol–water partition coefficient (Wildman–Crippen LogP) is 3.38. The van der Waals surface area contributed by atoms with Gasteiger partial charge in [-0.25, -0.2) is 9.59 Å². The molecule has 1 aliphatic rings. The minimum Gasteiger partial charge on any atom is -0.490 e. The van der Waals surface area contributed by atoms with Crippen molar-refractivity contribution in [2.75, 3.05) is 20.3 Å². The molecule has 0 saturated heterocycles. The van der Waals surface area contributed by atoms with Gasteiger partial charge in [-0.1, -0.05) is 18.2 Å². The molecule has 42 heavy (non-hydrogen) atoms. The van der Waals surface area contributed by atoms with Gasteiger partial charge in [0.2, 0.25) is 0 Å². The van der Waals surface area contributed by atoms with Crippen molar-refractivity contribution >= 4 is 23.9 Å². The topological polar surface area (TPSA) is 187 Å². The van der Waals surface area contributed by atoms with Crippen LogP contribution in [0.5, 0.6) is 11.5 Å². The van der Waals surface area contributed by atoms with Gasteiger partial charge >= 0.3 is 12.0 Å². The first-order valence-corrected chi connectivity index (χ1v) is 12.8. The lowest BCUT2D eigenvalue weighted by Crippen LogP contribution is -2.45. The summed E-state index contributed by atoms with van der Waals surface area (Å²) in [5.74, 6) is 0.840. The van der Waals surface area contributed by atoms with Crippen molar-refractivity contribution in [3.63, 3.8) is 0 Å². The Hall–Kier alpha value is -5.37. The van der Waals surface area contributed by atoms with Crippen LogP contribution in [-0.4, -0.2) is 54.8 Å². The van der Waals surface area contributed by atoms with E-state index in [4.69, 9.17) is 18.6 Å². The monoisotopic (exact) mass is 579 g/mol. The second-order valence-corrected chi connectivity index (χ2v) is 8.92. The third kappa shape index (κ3) is 7.03. The molecule has 0 saturated carbocycles. The normalized spacial score (nSPS) is 15.5. The fraction of sp³-hybridized carbons (Fsp3) is 0.250. The largest absolute Gasteiger partial charge is 0.490 e. The second-order valence-electron chi connectivity index (χ2n) is 8.92. The molecular formula is C28H29N5O9. The Morgan fingerprint density at radius 2 is 2.02 bits per heavy atom. The Kier molecular flexibility index (Phi) is 9.39. The molecule has 0 spiro atoms. The number of allylic oxidation sites excluding steroid dienone is 1. The molecule has 0 fully saturated rings. The molecule has 0 unspecified atom stereocenters. The summed E-state index contributed by atoms with van der Waals surface area (Å²) in [5.41, 5.74) is 4.19. The van der Waals surface area contributed by atoms with E-state index in [1.165, 1.54) is 25.5 Å². The molecule has 2 amide bonds. The number of methoxy groups -OCH3 is 1. The van der Waals surface area contributed by atoms with E-state index in [1.807, 2.05) is 0 Å². The fourth-order valence-electron chi connectivity index (χ4n) is 4.16. The smallest absolute Gasteiger partial charge is 0.337 e. The van der Waals surface area contributed by atoms with Crippen molar-refractivity contribution < 1.29 is 38.2 Å². The molecule has 14 nitrogen and oxygen atoms in total. The molecular weight excluding hydrogens is 550 g/mol. The Balaban J connectivity index is 1.39. The van der Waals surface area contributed by atoms with E-state index in [0.29, 0.717) is 46.5 Å². The van der Waals surface area contributed by atoms with Crippen LogP contribution >= 0.6 is 0 Å². The maximum atomic E-state index is 12.4. The highest BCUT2D eigenvalue weighted by molar-refractivity contribution is 5.95. The van der Waals surface area contributed by atoms with Crippen molar-refractivity contribution in [3.05, 3.63) is 87.3 Å². The Morgan fingerprint density at radius 3 is 2.76 bits per heavy atom. The van der Waals surface area contributed by atoms with Crippen LogP contribution in [0.2, 0.25) is 0 Å². The number of ether oxygens (including phenoxy) is 3. The number of nitrogens with zero attached hydrogens (tertiary/aromatic N) is 2. The lowest BCUT2D eigenvalue weighted by molar-refractivity contribution is -0.384. The summed E-state index contributed by atoms with van der Waals surface area (Å²) >= 11 is 0. The zero-order valence-corrected chi connectivity index (χ0v) is 23.0. The zero-order chi connectivity index (χ0) is 30.2. The summed E-state index contributed by atoms with van der Waals surface area (Å²) in [4.78, 5) is 35.0. The summed E-state index contributed by atoms with van der Waals surface area (Å²) in [6.45, 7) is 3.50. The van der Waals surface area contributed by atoms with Crippen LogP contribution in [-0.2, 0) is 9.53 Å². The molecule has 1 aliphatic heterocycles. The number of amides is 2. The molecule has 2 heterocycles. The minimum atomic E-state index is -1.21. The molecule has 0 aliphatic carbocycles. The highest BCUT2D eigenvalue weighted by atomic mass is 16.6. The first-order chi connectivity index (χ1) is 20.2. The third-order valence-electron chi connectivity index (χ3n) is 6.06. The summed E-state index contributed by atoms with van der Waals surface area (Å²) in [7, 11) is 1.26. The number of esters is 1. The summed E-state index contributed by atoms with van der Waals surface area (Å²) in [6.07, 6.45) is 0.133. The summed E-state index contributed by atoms with van der Waals surface area (Å²) < 4.78 is 22.0. The van der Waals surface area contributed by atoms with Crippen molar-refractivity contribution in [3.8, 4) is 22.8 Å². The number of furan rings is 1. The number of hydrogen-bond acceptors (Lipinski definition) is 11. The number of nitrogens with one attached hydrogen (secondary N) is 3. The maximum Gasteiger partial charge on any atom is 0.337 e. The van der Waals surface area contributed by atoms with Gasteiger partial charge in [-0.15, -0.1) is 0 Å². The van der Waals surface area contributed by atoms with E-state index < -0.39 is 29.2 Å². The highest BCUT2D eigenvalue weighted by Crippen LogP contribution is 2.35. The van der Waals surface area contributed by atoms with Gasteiger partial charge in [0.05, 0.1) is 36.5 Å². The van der Waals surface area contributed by atoms with E-state index in [2.05, 4.69) is 21.2 Å². The van der Waals surface area contributed by atoms with Crippen LogP contribution in [0.25, 0.3) is 11.3 Å². The molecule has 14 heteroatoms. The molecule has 0 radical (unpaired) electrons. The fourth-order valence-corrected chi connectivity index (χ4v) is 4.16. The van der Waals surface area contributed by atoms with Gasteiger partial charge in [0, 0.05) is 23.4 Å². The second kappa shape index (κ2) is 13.3. The molecule has 4 rings (SSSR count). The van der Waals surface area contributed by atoms with Crippen molar-refractivity contribution in [2.45, 2.75) is 26.1 Å². The molecule has 220 valence electrons. The molecule has 0 bridgehead atoms. The van der Waals surface area contributed by atoms with Crippen LogP contribution in [0.15, 0.2) is 75.4 Å². The van der Waals surface area contributed by atoms with Crippen LogP contribution in [0, 0.1) is 10.1 Å². The number of nitro benzene ring substituents is 1. The predicted molar refractivity (Wildman–Crippen MR) is 150 cm³/mol. The van der Waals surface area contributed by atoms with E-state index in [0.717, 1.165) is 0 Å². The number of aliphatic hydroxyl groups is 1. The Bertz CT molecular complexity index is 1530. The van der Waals surface area contributed by atoms with Gasteiger partial charge in [0.1, 0.15) is 18.1 Å². The number of non-ortho nitro benzene ring substituents is 1. The van der Waals surface area contributed by atoms with Gasteiger partial charge in [0.25, 0.3) is 5.69 Å². The minimum absolute atomic E-state index is 0.0537. The summed E-state index contributed by atoms with van der Waals surface area (Å²) in [6, 6.07) is 13.0. The van der Waals surface area contributed by atoms with Gasteiger partial charge in [0.15, 0.2) is 17.7 Å². The number of benzene rings is 2. The Labute approximate surface area is 240 Å². The number of aliphatic hydroxyl groups excluding tert-OH is 1. The third-order valence-corrected chi connectivity index (χ3v) is 6.06. The number of urea groups is 1. The number of carbonyl (C=O) groups is 2. The van der Waals surface area contributed by atoms with Crippen LogP contribution in [0.4, 0.5) is 10.5 Å².